The minimum absolute atomic E-state index is 0.131. The lowest BCUT2D eigenvalue weighted by molar-refractivity contribution is -0.133. The minimum atomic E-state index is -0.782. The Morgan fingerprint density at radius 1 is 1.29 bits per heavy atom. The zero-order valence-corrected chi connectivity index (χ0v) is 8.59. The van der Waals surface area contributed by atoms with E-state index in [1.807, 2.05) is 30.3 Å². The van der Waals surface area contributed by atoms with Crippen molar-refractivity contribution in [3.8, 4) is 0 Å². The zero-order valence-electron chi connectivity index (χ0n) is 7.77. The average Bonchev–Trinajstić information content (AvgIpc) is 2.18. The second-order valence-corrected chi connectivity index (χ2v) is 3.84. The summed E-state index contributed by atoms with van der Waals surface area (Å²) in [6, 6.07) is 9.79. The molecule has 2 nitrogen and oxygen atoms in total. The molecule has 1 N–H and O–H groups in total. The molecule has 0 unspecified atom stereocenters. The van der Waals surface area contributed by atoms with Gasteiger partial charge in [-0.05, 0) is 11.1 Å². The van der Waals surface area contributed by atoms with E-state index >= 15 is 0 Å². The third-order valence-electron chi connectivity index (χ3n) is 1.68. The molecule has 0 aliphatic heterocycles. The fourth-order valence-corrected chi connectivity index (χ4v) is 1.71. The predicted molar refractivity (Wildman–Crippen MR) is 60.4 cm³/mol. The quantitative estimate of drug-likeness (QED) is 0.807. The molecule has 3 heteroatoms. The molecule has 0 amide bonds. The third kappa shape index (κ3) is 3.66. The first-order valence-corrected chi connectivity index (χ1v) is 5.38. The molecule has 0 atom stereocenters. The van der Waals surface area contributed by atoms with Crippen LogP contribution in [-0.2, 0) is 4.79 Å². The molecule has 0 fully saturated rings. The number of rotatable bonds is 5. The lowest BCUT2D eigenvalue weighted by atomic mass is 10.1. The topological polar surface area (TPSA) is 37.3 Å². The van der Waals surface area contributed by atoms with Crippen LogP contribution in [0.3, 0.4) is 0 Å². The summed E-state index contributed by atoms with van der Waals surface area (Å²) >= 11 is 1.37. The van der Waals surface area contributed by atoms with Gasteiger partial charge in [0.25, 0.3) is 0 Å². The van der Waals surface area contributed by atoms with E-state index in [0.29, 0.717) is 5.75 Å². The van der Waals surface area contributed by atoms with Gasteiger partial charge in [0.1, 0.15) is 0 Å². The number of hydrogen-bond donors (Lipinski definition) is 1. The predicted octanol–water partition coefficient (Wildman–Crippen LogP) is 2.52. The van der Waals surface area contributed by atoms with Crippen LogP contribution >= 0.6 is 11.8 Å². The van der Waals surface area contributed by atoms with Gasteiger partial charge >= 0.3 is 5.97 Å². The van der Waals surface area contributed by atoms with Crippen LogP contribution in [-0.4, -0.2) is 22.6 Å². The smallest absolute Gasteiger partial charge is 0.313 e. The summed E-state index contributed by atoms with van der Waals surface area (Å²) in [6.07, 6.45) is 0. The SMILES string of the molecule is C=C(CSCC(=O)O)c1ccccc1. The molecule has 0 heterocycles. The maximum atomic E-state index is 10.3. The van der Waals surface area contributed by atoms with Gasteiger partial charge in [0.05, 0.1) is 5.75 Å². The van der Waals surface area contributed by atoms with Crippen LogP contribution in [0.25, 0.3) is 5.57 Å². The third-order valence-corrected chi connectivity index (χ3v) is 2.69. The molecule has 0 aromatic heterocycles. The van der Waals surface area contributed by atoms with Gasteiger partial charge in [0.2, 0.25) is 0 Å². The van der Waals surface area contributed by atoms with E-state index in [1.165, 1.54) is 11.8 Å². The number of hydrogen-bond acceptors (Lipinski definition) is 2. The molecule has 0 radical (unpaired) electrons. The second kappa shape index (κ2) is 5.50. The molecule has 0 bridgehead atoms. The molecule has 14 heavy (non-hydrogen) atoms. The van der Waals surface area contributed by atoms with Crippen molar-refractivity contribution in [1.29, 1.82) is 0 Å². The van der Waals surface area contributed by atoms with Crippen LogP contribution in [0.1, 0.15) is 5.56 Å². The monoisotopic (exact) mass is 208 g/mol. The summed E-state index contributed by atoms with van der Waals surface area (Å²) in [4.78, 5) is 10.3. The Bertz CT molecular complexity index is 319. The van der Waals surface area contributed by atoms with Crippen molar-refractivity contribution >= 4 is 23.3 Å². The summed E-state index contributed by atoms with van der Waals surface area (Å²) in [5.74, 6) is 0.0122. The fourth-order valence-electron chi connectivity index (χ4n) is 1.02. The van der Waals surface area contributed by atoms with Gasteiger partial charge in [-0.3, -0.25) is 4.79 Å². The molecule has 1 rings (SSSR count). The zero-order chi connectivity index (χ0) is 10.4. The van der Waals surface area contributed by atoms with Crippen LogP contribution in [0, 0.1) is 0 Å². The Morgan fingerprint density at radius 2 is 1.93 bits per heavy atom. The molecule has 0 saturated heterocycles. The Balaban J connectivity index is 2.40. The van der Waals surface area contributed by atoms with Crippen LogP contribution in [0.4, 0.5) is 0 Å². The summed E-state index contributed by atoms with van der Waals surface area (Å²) < 4.78 is 0. The number of thioether (sulfide) groups is 1. The van der Waals surface area contributed by atoms with Gasteiger partial charge in [-0.2, -0.15) is 0 Å². The van der Waals surface area contributed by atoms with E-state index < -0.39 is 5.97 Å². The first-order valence-electron chi connectivity index (χ1n) is 4.23. The summed E-state index contributed by atoms with van der Waals surface area (Å²) in [6.45, 7) is 3.91. The molecule has 1 aromatic carbocycles. The molecule has 0 aliphatic rings. The first-order chi connectivity index (χ1) is 6.70. The van der Waals surface area contributed by atoms with Crippen LogP contribution in [0.5, 0.6) is 0 Å². The Hall–Kier alpha value is -1.22. The highest BCUT2D eigenvalue weighted by Gasteiger charge is 2.00. The highest BCUT2D eigenvalue weighted by molar-refractivity contribution is 8.00. The molecule has 0 aliphatic carbocycles. The summed E-state index contributed by atoms with van der Waals surface area (Å²) in [5, 5.41) is 8.45. The van der Waals surface area contributed by atoms with Gasteiger partial charge in [0.15, 0.2) is 0 Å². The van der Waals surface area contributed by atoms with Gasteiger partial charge < -0.3 is 5.11 Å². The van der Waals surface area contributed by atoms with Gasteiger partial charge in [-0.15, -0.1) is 11.8 Å². The number of benzene rings is 1. The second-order valence-electron chi connectivity index (χ2n) is 2.86. The largest absolute Gasteiger partial charge is 0.481 e. The maximum Gasteiger partial charge on any atom is 0.313 e. The van der Waals surface area contributed by atoms with Crippen molar-refractivity contribution in [2.45, 2.75) is 0 Å². The van der Waals surface area contributed by atoms with Gasteiger partial charge in [0, 0.05) is 5.75 Å². The molecule has 1 aromatic rings. The standard InChI is InChI=1S/C11H12O2S/c1-9(7-14-8-11(12)13)10-5-3-2-4-6-10/h2-6H,1,7-8H2,(H,12,13). The highest BCUT2D eigenvalue weighted by Crippen LogP contribution is 2.16. The minimum Gasteiger partial charge on any atom is -0.481 e. The molecule has 0 saturated carbocycles. The normalized spacial score (nSPS) is 9.71. The number of carboxylic acid groups (broad SMARTS) is 1. The van der Waals surface area contributed by atoms with Crippen molar-refractivity contribution in [1.82, 2.24) is 0 Å². The Morgan fingerprint density at radius 3 is 2.50 bits per heavy atom. The highest BCUT2D eigenvalue weighted by atomic mass is 32.2. The van der Waals surface area contributed by atoms with Gasteiger partial charge in [-0.25, -0.2) is 0 Å². The number of carboxylic acids is 1. The Kier molecular flexibility index (Phi) is 4.26. The molecular weight excluding hydrogens is 196 g/mol. The lowest BCUT2D eigenvalue weighted by Crippen LogP contribution is -1.99. The van der Waals surface area contributed by atoms with Crippen LogP contribution < -0.4 is 0 Å². The maximum absolute atomic E-state index is 10.3. The number of aliphatic carboxylic acids is 1. The van der Waals surface area contributed by atoms with E-state index in [9.17, 15) is 4.79 Å². The van der Waals surface area contributed by atoms with Gasteiger partial charge in [-0.1, -0.05) is 36.9 Å². The molecule has 0 spiro atoms. The van der Waals surface area contributed by atoms with Crippen molar-refractivity contribution < 1.29 is 9.90 Å². The van der Waals surface area contributed by atoms with E-state index in [2.05, 4.69) is 6.58 Å². The van der Waals surface area contributed by atoms with E-state index in [1.54, 1.807) is 0 Å². The average molecular weight is 208 g/mol. The first kappa shape index (κ1) is 10.9. The van der Waals surface area contributed by atoms with E-state index in [-0.39, 0.29) is 5.75 Å². The Labute approximate surface area is 87.6 Å². The molecular formula is C11H12O2S. The number of carbonyl (C=O) groups is 1. The summed E-state index contributed by atoms with van der Waals surface area (Å²) in [7, 11) is 0. The van der Waals surface area contributed by atoms with Crippen molar-refractivity contribution in [2.24, 2.45) is 0 Å². The van der Waals surface area contributed by atoms with Crippen LogP contribution in [0.15, 0.2) is 36.9 Å². The van der Waals surface area contributed by atoms with E-state index in [4.69, 9.17) is 5.11 Å². The summed E-state index contributed by atoms with van der Waals surface area (Å²) in [5.41, 5.74) is 2.04. The fraction of sp³-hybridized carbons (Fsp3) is 0.182. The van der Waals surface area contributed by atoms with Crippen LogP contribution in [0.2, 0.25) is 0 Å². The lowest BCUT2D eigenvalue weighted by Gasteiger charge is -2.03. The van der Waals surface area contributed by atoms with Crippen molar-refractivity contribution in [3.63, 3.8) is 0 Å². The molecule has 74 valence electrons. The van der Waals surface area contributed by atoms with Crippen molar-refractivity contribution in [2.75, 3.05) is 11.5 Å². The van der Waals surface area contributed by atoms with Crippen molar-refractivity contribution in [3.05, 3.63) is 42.5 Å². The van der Waals surface area contributed by atoms with E-state index in [0.717, 1.165) is 11.1 Å².